The first kappa shape index (κ1) is 17.0. The maximum absolute atomic E-state index is 13.1. The van der Waals surface area contributed by atoms with E-state index in [4.69, 9.17) is 0 Å². The molecule has 1 unspecified atom stereocenters. The molecule has 0 radical (unpaired) electrons. The second kappa shape index (κ2) is 7.03. The molecule has 1 fully saturated rings. The van der Waals surface area contributed by atoms with Gasteiger partial charge < -0.3 is 5.32 Å². The number of anilines is 1. The van der Waals surface area contributed by atoms with Crippen molar-refractivity contribution in [1.82, 2.24) is 19.5 Å². The Bertz CT molecular complexity index is 902. The van der Waals surface area contributed by atoms with Crippen molar-refractivity contribution in [1.29, 1.82) is 0 Å². The number of aryl methyl sites for hydroxylation is 2. The molecule has 0 saturated carbocycles. The number of halogens is 1. The molecular formula is C20H24FN5. The van der Waals surface area contributed by atoms with E-state index in [1.54, 1.807) is 0 Å². The first-order valence-corrected chi connectivity index (χ1v) is 9.14. The Morgan fingerprint density at radius 1 is 1.15 bits per heavy atom. The molecule has 1 aliphatic rings. The Labute approximate surface area is 152 Å². The third-order valence-corrected chi connectivity index (χ3v) is 4.85. The molecule has 26 heavy (non-hydrogen) atoms. The molecule has 0 aliphatic carbocycles. The van der Waals surface area contributed by atoms with Crippen LogP contribution in [0.1, 0.15) is 29.8 Å². The van der Waals surface area contributed by atoms with Gasteiger partial charge in [-0.15, -0.1) is 0 Å². The summed E-state index contributed by atoms with van der Waals surface area (Å²) in [6.45, 7) is 6.87. The summed E-state index contributed by atoms with van der Waals surface area (Å²) in [6, 6.07) is 11.2. The van der Waals surface area contributed by atoms with Crippen LogP contribution in [-0.2, 0) is 6.54 Å². The van der Waals surface area contributed by atoms with Crippen LogP contribution in [0.3, 0.4) is 0 Å². The Morgan fingerprint density at radius 3 is 2.77 bits per heavy atom. The quantitative estimate of drug-likeness (QED) is 0.779. The topological polar surface area (TPSA) is 45.5 Å². The highest BCUT2D eigenvalue weighted by molar-refractivity contribution is 5.50. The molecule has 6 heteroatoms. The summed E-state index contributed by atoms with van der Waals surface area (Å²) in [5.41, 5.74) is 3.98. The van der Waals surface area contributed by atoms with Crippen molar-refractivity contribution in [2.75, 3.05) is 18.4 Å². The Hall–Kier alpha value is -2.47. The number of hydrogen-bond acceptors (Lipinski definition) is 4. The van der Waals surface area contributed by atoms with E-state index in [2.05, 4.69) is 26.4 Å². The standard InChI is InChI=1S/C20H24FN5/c1-14-10-20(26-19(22-14)11-15(2)24-26)23-18-4-3-9-25(13-18)12-16-5-7-17(21)8-6-16/h5-8,10-11,18,23H,3-4,9,12-13H2,1-2H3. The van der Waals surface area contributed by atoms with Gasteiger partial charge in [0.25, 0.3) is 0 Å². The highest BCUT2D eigenvalue weighted by atomic mass is 19.1. The molecule has 1 aliphatic heterocycles. The van der Waals surface area contributed by atoms with Crippen LogP contribution in [0.2, 0.25) is 0 Å². The van der Waals surface area contributed by atoms with Crippen LogP contribution in [-0.4, -0.2) is 38.6 Å². The zero-order chi connectivity index (χ0) is 18.1. The van der Waals surface area contributed by atoms with Crippen molar-refractivity contribution in [3.63, 3.8) is 0 Å². The number of rotatable bonds is 4. The molecule has 0 amide bonds. The first-order chi connectivity index (χ1) is 12.6. The molecule has 5 nitrogen and oxygen atoms in total. The third kappa shape index (κ3) is 3.70. The number of aromatic nitrogens is 3. The minimum Gasteiger partial charge on any atom is -0.366 e. The minimum absolute atomic E-state index is 0.182. The number of hydrogen-bond donors (Lipinski definition) is 1. The van der Waals surface area contributed by atoms with E-state index < -0.39 is 0 Å². The molecule has 1 N–H and O–H groups in total. The molecule has 136 valence electrons. The molecule has 4 rings (SSSR count). The Balaban J connectivity index is 1.47. The fraction of sp³-hybridized carbons (Fsp3) is 0.400. The van der Waals surface area contributed by atoms with Crippen molar-refractivity contribution in [3.8, 4) is 0 Å². The molecule has 1 aromatic carbocycles. The normalized spacial score (nSPS) is 18.3. The van der Waals surface area contributed by atoms with Crippen molar-refractivity contribution >= 4 is 11.5 Å². The predicted molar refractivity (Wildman–Crippen MR) is 101 cm³/mol. The molecule has 1 saturated heterocycles. The van der Waals surface area contributed by atoms with Crippen LogP contribution in [0.15, 0.2) is 36.4 Å². The van der Waals surface area contributed by atoms with Crippen LogP contribution in [0, 0.1) is 19.7 Å². The van der Waals surface area contributed by atoms with Crippen LogP contribution in [0.4, 0.5) is 10.2 Å². The average Bonchev–Trinajstić information content (AvgIpc) is 2.98. The predicted octanol–water partition coefficient (Wildman–Crippen LogP) is 3.56. The van der Waals surface area contributed by atoms with E-state index in [0.29, 0.717) is 6.04 Å². The summed E-state index contributed by atoms with van der Waals surface area (Å²) in [5, 5.41) is 8.22. The number of likely N-dealkylation sites (tertiary alicyclic amines) is 1. The fourth-order valence-electron chi connectivity index (χ4n) is 3.69. The summed E-state index contributed by atoms with van der Waals surface area (Å²) < 4.78 is 15.0. The maximum Gasteiger partial charge on any atom is 0.157 e. The maximum atomic E-state index is 13.1. The summed E-state index contributed by atoms with van der Waals surface area (Å²) in [5.74, 6) is 0.813. The minimum atomic E-state index is -0.182. The zero-order valence-electron chi connectivity index (χ0n) is 15.2. The Morgan fingerprint density at radius 2 is 1.96 bits per heavy atom. The molecule has 2 aromatic heterocycles. The highest BCUT2D eigenvalue weighted by Crippen LogP contribution is 2.20. The van der Waals surface area contributed by atoms with E-state index in [0.717, 1.165) is 60.9 Å². The molecule has 3 heterocycles. The Kier molecular flexibility index (Phi) is 4.59. The van der Waals surface area contributed by atoms with Gasteiger partial charge in [-0.05, 0) is 50.9 Å². The van der Waals surface area contributed by atoms with Gasteiger partial charge in [0.2, 0.25) is 0 Å². The number of benzene rings is 1. The average molecular weight is 353 g/mol. The lowest BCUT2D eigenvalue weighted by Gasteiger charge is -2.33. The van der Waals surface area contributed by atoms with Crippen molar-refractivity contribution in [2.24, 2.45) is 0 Å². The van der Waals surface area contributed by atoms with Gasteiger partial charge in [-0.25, -0.2) is 9.37 Å². The lowest BCUT2D eigenvalue weighted by atomic mass is 10.0. The van der Waals surface area contributed by atoms with Crippen LogP contribution < -0.4 is 5.32 Å². The largest absolute Gasteiger partial charge is 0.366 e. The number of nitrogens with one attached hydrogen (secondary N) is 1. The van der Waals surface area contributed by atoms with Crippen molar-refractivity contribution in [2.45, 2.75) is 39.3 Å². The number of fused-ring (bicyclic) bond motifs is 1. The number of piperidine rings is 1. The molecular weight excluding hydrogens is 329 g/mol. The van der Waals surface area contributed by atoms with Crippen LogP contribution >= 0.6 is 0 Å². The summed E-state index contributed by atoms with van der Waals surface area (Å²) in [7, 11) is 0. The fourth-order valence-corrected chi connectivity index (χ4v) is 3.69. The molecule has 3 aromatic rings. The monoisotopic (exact) mass is 353 g/mol. The molecule has 1 atom stereocenters. The summed E-state index contributed by atoms with van der Waals surface area (Å²) >= 11 is 0. The van der Waals surface area contributed by atoms with E-state index in [1.165, 1.54) is 12.1 Å². The molecule has 0 spiro atoms. The molecule has 0 bridgehead atoms. The van der Waals surface area contributed by atoms with Crippen molar-refractivity contribution in [3.05, 3.63) is 59.2 Å². The number of nitrogens with zero attached hydrogens (tertiary/aromatic N) is 4. The SMILES string of the molecule is Cc1cc(NC2CCCN(Cc3ccc(F)cc3)C2)n2nc(C)cc2n1. The second-order valence-corrected chi connectivity index (χ2v) is 7.18. The first-order valence-electron chi connectivity index (χ1n) is 9.14. The lowest BCUT2D eigenvalue weighted by molar-refractivity contribution is 0.208. The van der Waals surface area contributed by atoms with Gasteiger partial charge >= 0.3 is 0 Å². The van der Waals surface area contributed by atoms with E-state index in [-0.39, 0.29) is 5.82 Å². The third-order valence-electron chi connectivity index (χ3n) is 4.85. The second-order valence-electron chi connectivity index (χ2n) is 7.18. The van der Waals surface area contributed by atoms with Crippen LogP contribution in [0.5, 0.6) is 0 Å². The van der Waals surface area contributed by atoms with Gasteiger partial charge in [-0.2, -0.15) is 9.61 Å². The van der Waals surface area contributed by atoms with E-state index in [1.807, 2.05) is 36.6 Å². The van der Waals surface area contributed by atoms with Crippen molar-refractivity contribution < 1.29 is 4.39 Å². The van der Waals surface area contributed by atoms with Gasteiger partial charge in [-0.3, -0.25) is 4.90 Å². The smallest absolute Gasteiger partial charge is 0.157 e. The zero-order valence-corrected chi connectivity index (χ0v) is 15.2. The van der Waals surface area contributed by atoms with Gasteiger partial charge in [0.05, 0.1) is 5.69 Å². The summed E-state index contributed by atoms with van der Waals surface area (Å²) in [4.78, 5) is 6.97. The van der Waals surface area contributed by atoms with Crippen LogP contribution in [0.25, 0.3) is 5.65 Å². The summed E-state index contributed by atoms with van der Waals surface area (Å²) in [6.07, 6.45) is 2.27. The van der Waals surface area contributed by atoms with Gasteiger partial charge in [0.1, 0.15) is 11.6 Å². The van der Waals surface area contributed by atoms with Gasteiger partial charge in [0, 0.05) is 37.0 Å². The lowest BCUT2D eigenvalue weighted by Crippen LogP contribution is -2.42. The van der Waals surface area contributed by atoms with E-state index in [9.17, 15) is 4.39 Å². The van der Waals surface area contributed by atoms with Gasteiger partial charge in [-0.1, -0.05) is 12.1 Å². The van der Waals surface area contributed by atoms with E-state index >= 15 is 0 Å². The van der Waals surface area contributed by atoms with Gasteiger partial charge in [0.15, 0.2) is 5.65 Å². The highest BCUT2D eigenvalue weighted by Gasteiger charge is 2.21.